The molecule has 94 valence electrons. The van der Waals surface area contributed by atoms with Gasteiger partial charge in [0.1, 0.15) is 4.88 Å². The Bertz CT molecular complexity index is 390. The highest BCUT2D eigenvalue weighted by Crippen LogP contribution is 2.22. The second kappa shape index (κ2) is 5.60. The van der Waals surface area contributed by atoms with Gasteiger partial charge in [-0.05, 0) is 32.1 Å². The summed E-state index contributed by atoms with van der Waals surface area (Å²) in [5.41, 5.74) is 0. The average molecular weight is 254 g/mol. The van der Waals surface area contributed by atoms with E-state index in [1.54, 1.807) is 6.20 Å². The van der Waals surface area contributed by atoms with Crippen LogP contribution in [0.25, 0.3) is 0 Å². The molecule has 0 aliphatic carbocycles. The maximum atomic E-state index is 12.2. The number of hydrogen-bond acceptors (Lipinski definition) is 4. The Morgan fingerprint density at radius 3 is 3.18 bits per heavy atom. The van der Waals surface area contributed by atoms with Gasteiger partial charge in [0.05, 0.1) is 11.2 Å². The molecule has 1 saturated heterocycles. The molecule has 1 aromatic rings. The Morgan fingerprint density at radius 1 is 1.71 bits per heavy atom. The predicted molar refractivity (Wildman–Crippen MR) is 67.2 cm³/mol. The number of likely N-dealkylation sites (tertiary alicyclic amines) is 1. The van der Waals surface area contributed by atoms with Crippen molar-refractivity contribution >= 4 is 17.2 Å². The molecule has 17 heavy (non-hydrogen) atoms. The van der Waals surface area contributed by atoms with E-state index < -0.39 is 0 Å². The standard InChI is InChI=1S/C12H18N2O2S/c1-9-13-7-11(17-9)12(16)14-5-2-3-10(8-14)4-6-15/h7,10,15H,2-6,8H2,1H3. The Kier molecular flexibility index (Phi) is 4.12. The van der Waals surface area contributed by atoms with Gasteiger partial charge in [-0.2, -0.15) is 0 Å². The number of piperidine rings is 1. The van der Waals surface area contributed by atoms with Crippen LogP contribution in [0.15, 0.2) is 6.20 Å². The Labute approximate surface area is 105 Å². The van der Waals surface area contributed by atoms with Crippen molar-refractivity contribution in [3.8, 4) is 0 Å². The zero-order chi connectivity index (χ0) is 12.3. The van der Waals surface area contributed by atoms with Gasteiger partial charge < -0.3 is 10.0 Å². The summed E-state index contributed by atoms with van der Waals surface area (Å²) in [6, 6.07) is 0. The van der Waals surface area contributed by atoms with Crippen molar-refractivity contribution in [2.45, 2.75) is 26.2 Å². The molecule has 1 amide bonds. The van der Waals surface area contributed by atoms with E-state index in [4.69, 9.17) is 5.11 Å². The molecular formula is C12H18N2O2S. The first-order valence-electron chi connectivity index (χ1n) is 6.03. The first-order chi connectivity index (χ1) is 8.20. The number of aliphatic hydroxyl groups excluding tert-OH is 1. The summed E-state index contributed by atoms with van der Waals surface area (Å²) in [4.78, 5) is 18.9. The lowest BCUT2D eigenvalue weighted by atomic mass is 9.95. The molecule has 1 fully saturated rings. The molecule has 0 bridgehead atoms. The summed E-state index contributed by atoms with van der Waals surface area (Å²) < 4.78 is 0. The Hall–Kier alpha value is -0.940. The molecule has 1 unspecified atom stereocenters. The number of carbonyl (C=O) groups excluding carboxylic acids is 1. The van der Waals surface area contributed by atoms with Crippen LogP contribution in [0.2, 0.25) is 0 Å². The summed E-state index contributed by atoms with van der Waals surface area (Å²) >= 11 is 1.45. The van der Waals surface area contributed by atoms with Crippen molar-refractivity contribution in [3.05, 3.63) is 16.1 Å². The van der Waals surface area contributed by atoms with E-state index in [1.165, 1.54) is 11.3 Å². The zero-order valence-corrected chi connectivity index (χ0v) is 10.9. The van der Waals surface area contributed by atoms with Gasteiger partial charge in [0, 0.05) is 19.7 Å². The van der Waals surface area contributed by atoms with E-state index in [-0.39, 0.29) is 12.5 Å². The fourth-order valence-electron chi connectivity index (χ4n) is 2.28. The lowest BCUT2D eigenvalue weighted by Gasteiger charge is -2.32. The van der Waals surface area contributed by atoms with Gasteiger partial charge in [-0.3, -0.25) is 4.79 Å². The highest BCUT2D eigenvalue weighted by Gasteiger charge is 2.25. The minimum Gasteiger partial charge on any atom is -0.396 e. The lowest BCUT2D eigenvalue weighted by molar-refractivity contribution is 0.0658. The number of amides is 1. The summed E-state index contributed by atoms with van der Waals surface area (Å²) in [5, 5.41) is 9.88. The van der Waals surface area contributed by atoms with Crippen molar-refractivity contribution in [2.75, 3.05) is 19.7 Å². The van der Waals surface area contributed by atoms with Crippen LogP contribution in [0.5, 0.6) is 0 Å². The lowest BCUT2D eigenvalue weighted by Crippen LogP contribution is -2.39. The first-order valence-corrected chi connectivity index (χ1v) is 6.85. The fraction of sp³-hybridized carbons (Fsp3) is 0.667. The third-order valence-electron chi connectivity index (χ3n) is 3.18. The van der Waals surface area contributed by atoms with E-state index in [0.717, 1.165) is 42.2 Å². The maximum Gasteiger partial charge on any atom is 0.265 e. The van der Waals surface area contributed by atoms with Gasteiger partial charge >= 0.3 is 0 Å². The summed E-state index contributed by atoms with van der Waals surface area (Å²) in [6.07, 6.45) is 4.61. The number of aromatic nitrogens is 1. The second-order valence-corrected chi connectivity index (χ2v) is 5.75. The van der Waals surface area contributed by atoms with Gasteiger partial charge in [-0.1, -0.05) is 0 Å². The van der Waals surface area contributed by atoms with E-state index in [1.807, 2.05) is 11.8 Å². The quantitative estimate of drug-likeness (QED) is 0.893. The molecule has 4 nitrogen and oxygen atoms in total. The zero-order valence-electron chi connectivity index (χ0n) is 10.1. The predicted octanol–water partition coefficient (Wildman–Crippen LogP) is 1.69. The fourth-order valence-corrected chi connectivity index (χ4v) is 3.03. The van der Waals surface area contributed by atoms with Crippen LogP contribution < -0.4 is 0 Å². The van der Waals surface area contributed by atoms with Gasteiger partial charge in [0.25, 0.3) is 5.91 Å². The Morgan fingerprint density at radius 2 is 2.53 bits per heavy atom. The summed E-state index contributed by atoms with van der Waals surface area (Å²) in [6.45, 7) is 3.73. The van der Waals surface area contributed by atoms with Crippen molar-refractivity contribution in [2.24, 2.45) is 5.92 Å². The molecule has 1 aliphatic heterocycles. The third-order valence-corrected chi connectivity index (χ3v) is 4.08. The molecule has 1 aromatic heterocycles. The van der Waals surface area contributed by atoms with Crippen LogP contribution in [0.4, 0.5) is 0 Å². The monoisotopic (exact) mass is 254 g/mol. The highest BCUT2D eigenvalue weighted by molar-refractivity contribution is 7.13. The molecule has 2 heterocycles. The van der Waals surface area contributed by atoms with Crippen LogP contribution in [0.1, 0.15) is 33.9 Å². The maximum absolute atomic E-state index is 12.2. The first kappa shape index (κ1) is 12.5. The SMILES string of the molecule is Cc1ncc(C(=O)N2CCCC(CCO)C2)s1. The van der Waals surface area contributed by atoms with Crippen molar-refractivity contribution in [3.63, 3.8) is 0 Å². The number of thiazole rings is 1. The topological polar surface area (TPSA) is 53.4 Å². The van der Waals surface area contributed by atoms with Crippen molar-refractivity contribution in [1.29, 1.82) is 0 Å². The number of rotatable bonds is 3. The molecule has 1 aliphatic rings. The van der Waals surface area contributed by atoms with Gasteiger partial charge in [0.2, 0.25) is 0 Å². The minimum atomic E-state index is 0.0956. The molecule has 1 atom stereocenters. The van der Waals surface area contributed by atoms with Crippen LogP contribution in [-0.4, -0.2) is 40.6 Å². The number of hydrogen-bond donors (Lipinski definition) is 1. The molecule has 5 heteroatoms. The molecule has 0 radical (unpaired) electrons. The average Bonchev–Trinajstić information content (AvgIpc) is 2.76. The van der Waals surface area contributed by atoms with Gasteiger partial charge in [-0.25, -0.2) is 4.98 Å². The number of aryl methyl sites for hydroxylation is 1. The van der Waals surface area contributed by atoms with E-state index in [9.17, 15) is 4.79 Å². The van der Waals surface area contributed by atoms with Crippen molar-refractivity contribution < 1.29 is 9.90 Å². The minimum absolute atomic E-state index is 0.0956. The third kappa shape index (κ3) is 3.04. The molecule has 2 rings (SSSR count). The van der Waals surface area contributed by atoms with E-state index >= 15 is 0 Å². The van der Waals surface area contributed by atoms with Crippen molar-refractivity contribution in [1.82, 2.24) is 9.88 Å². The molecule has 0 saturated carbocycles. The normalized spacial score (nSPS) is 20.6. The second-order valence-electron chi connectivity index (χ2n) is 4.52. The highest BCUT2D eigenvalue weighted by atomic mass is 32.1. The van der Waals surface area contributed by atoms with Crippen LogP contribution in [0, 0.1) is 12.8 Å². The molecular weight excluding hydrogens is 236 g/mol. The van der Waals surface area contributed by atoms with Gasteiger partial charge in [-0.15, -0.1) is 11.3 Å². The van der Waals surface area contributed by atoms with Gasteiger partial charge in [0.15, 0.2) is 0 Å². The summed E-state index contributed by atoms with van der Waals surface area (Å²) in [5.74, 6) is 0.546. The largest absolute Gasteiger partial charge is 0.396 e. The molecule has 1 N–H and O–H groups in total. The smallest absolute Gasteiger partial charge is 0.265 e. The van der Waals surface area contributed by atoms with Crippen LogP contribution >= 0.6 is 11.3 Å². The Balaban J connectivity index is 1.99. The van der Waals surface area contributed by atoms with E-state index in [0.29, 0.717) is 5.92 Å². The van der Waals surface area contributed by atoms with E-state index in [2.05, 4.69) is 4.98 Å². The summed E-state index contributed by atoms with van der Waals surface area (Å²) in [7, 11) is 0. The number of carbonyl (C=O) groups is 1. The molecule has 0 aromatic carbocycles. The number of aliphatic hydroxyl groups is 1. The van der Waals surface area contributed by atoms with Crippen LogP contribution in [-0.2, 0) is 0 Å². The molecule has 0 spiro atoms. The number of nitrogens with zero attached hydrogens (tertiary/aromatic N) is 2. The van der Waals surface area contributed by atoms with Crippen LogP contribution in [0.3, 0.4) is 0 Å².